The minimum absolute atomic E-state index is 0.0235. The number of rotatable bonds is 3. The van der Waals surface area contributed by atoms with E-state index < -0.39 is 0 Å². The van der Waals surface area contributed by atoms with E-state index in [0.717, 1.165) is 27.8 Å². The molecule has 1 unspecified atom stereocenters. The lowest BCUT2D eigenvalue weighted by molar-refractivity contribution is -0.116. The highest BCUT2D eigenvalue weighted by atomic mass is 16.1. The fourth-order valence-corrected chi connectivity index (χ4v) is 3.54. The molecule has 1 aliphatic rings. The van der Waals surface area contributed by atoms with E-state index in [2.05, 4.69) is 37.2 Å². The second kappa shape index (κ2) is 5.31. The predicted molar refractivity (Wildman–Crippen MR) is 95.1 cm³/mol. The Balaban J connectivity index is 1.41. The molecule has 1 atom stereocenters. The fraction of sp³-hybridized carbons (Fsp3) is 0.105. The van der Waals surface area contributed by atoms with Crippen molar-refractivity contribution in [2.45, 2.75) is 12.5 Å². The van der Waals surface area contributed by atoms with Crippen LogP contribution in [0.3, 0.4) is 0 Å². The maximum absolute atomic E-state index is 12.6. The molecule has 0 aliphatic carbocycles. The van der Waals surface area contributed by atoms with Gasteiger partial charge in [0.05, 0.1) is 42.4 Å². The topological polar surface area (TPSA) is 75.6 Å². The van der Waals surface area contributed by atoms with Crippen molar-refractivity contribution in [2.24, 2.45) is 0 Å². The number of fused-ring (bicyclic) bond motifs is 4. The Morgan fingerprint density at radius 2 is 2.12 bits per heavy atom. The molecule has 0 bridgehead atoms. The molecular formula is C19H15N5O. The van der Waals surface area contributed by atoms with Crippen LogP contribution in [0.2, 0.25) is 0 Å². The van der Waals surface area contributed by atoms with Crippen molar-refractivity contribution in [3.63, 3.8) is 0 Å². The monoisotopic (exact) mass is 329 g/mol. The van der Waals surface area contributed by atoms with E-state index in [4.69, 9.17) is 0 Å². The third kappa shape index (κ3) is 2.22. The number of H-pyrrole nitrogens is 1. The zero-order valence-electron chi connectivity index (χ0n) is 13.3. The number of carbonyl (C=O) groups excluding carboxylic acids is 1. The van der Waals surface area contributed by atoms with Crippen LogP contribution in [-0.4, -0.2) is 25.7 Å². The van der Waals surface area contributed by atoms with Gasteiger partial charge in [-0.25, -0.2) is 4.98 Å². The van der Waals surface area contributed by atoms with E-state index in [1.54, 1.807) is 12.5 Å². The Kier molecular flexibility index (Phi) is 2.97. The maximum Gasteiger partial charge on any atom is 0.226 e. The molecule has 25 heavy (non-hydrogen) atoms. The van der Waals surface area contributed by atoms with Crippen LogP contribution in [0.5, 0.6) is 0 Å². The quantitative estimate of drug-likeness (QED) is 0.605. The number of benzene rings is 2. The second-order valence-electron chi connectivity index (χ2n) is 6.21. The summed E-state index contributed by atoms with van der Waals surface area (Å²) in [4.78, 5) is 16.8. The standard InChI is InChI=1S/C19H15N5O/c25-19(22-13-6-5-12-9-21-23-16(12)7-13)8-17-14-3-1-2-4-15(14)18-10-20-11-24(17)18/h1-7,9-11,17H,8H2,(H,21,23)(H,22,25). The Labute approximate surface area is 143 Å². The number of amides is 1. The van der Waals surface area contributed by atoms with Gasteiger partial charge in [0.1, 0.15) is 0 Å². The minimum atomic E-state index is -0.0276. The number of nitrogens with zero attached hydrogens (tertiary/aromatic N) is 3. The number of hydrogen-bond donors (Lipinski definition) is 2. The number of nitrogens with one attached hydrogen (secondary N) is 2. The van der Waals surface area contributed by atoms with Crippen LogP contribution in [0.25, 0.3) is 22.2 Å². The lowest BCUT2D eigenvalue weighted by Crippen LogP contribution is -2.18. The Morgan fingerprint density at radius 1 is 1.20 bits per heavy atom. The summed E-state index contributed by atoms with van der Waals surface area (Å²) >= 11 is 0. The van der Waals surface area contributed by atoms with Crippen LogP contribution in [0.15, 0.2) is 61.2 Å². The first-order valence-electron chi connectivity index (χ1n) is 8.14. The summed E-state index contributed by atoms with van der Waals surface area (Å²) in [6.07, 6.45) is 5.77. The zero-order valence-corrected chi connectivity index (χ0v) is 13.3. The lowest BCUT2D eigenvalue weighted by Gasteiger charge is -2.14. The fourth-order valence-electron chi connectivity index (χ4n) is 3.54. The molecule has 1 amide bonds. The molecule has 1 aliphatic heterocycles. The van der Waals surface area contributed by atoms with Gasteiger partial charge in [0.25, 0.3) is 0 Å². The van der Waals surface area contributed by atoms with Crippen molar-refractivity contribution >= 4 is 22.5 Å². The minimum Gasteiger partial charge on any atom is -0.326 e. The molecule has 0 saturated heterocycles. The highest BCUT2D eigenvalue weighted by Gasteiger charge is 2.29. The molecule has 122 valence electrons. The average Bonchev–Trinajstić information content (AvgIpc) is 3.32. The first-order valence-corrected chi connectivity index (χ1v) is 8.14. The van der Waals surface area contributed by atoms with Crippen LogP contribution >= 0.6 is 0 Å². The van der Waals surface area contributed by atoms with Gasteiger partial charge in [-0.15, -0.1) is 0 Å². The molecular weight excluding hydrogens is 314 g/mol. The van der Waals surface area contributed by atoms with Gasteiger partial charge in [-0.2, -0.15) is 5.10 Å². The highest BCUT2D eigenvalue weighted by molar-refractivity contribution is 5.94. The lowest BCUT2D eigenvalue weighted by atomic mass is 10.0. The van der Waals surface area contributed by atoms with Gasteiger partial charge in [-0.3, -0.25) is 9.89 Å². The number of anilines is 1. The number of aromatic nitrogens is 4. The van der Waals surface area contributed by atoms with Gasteiger partial charge in [0, 0.05) is 16.6 Å². The Bertz CT molecular complexity index is 1090. The Morgan fingerprint density at radius 3 is 3.08 bits per heavy atom. The van der Waals surface area contributed by atoms with E-state index in [0.29, 0.717) is 6.42 Å². The number of aromatic amines is 1. The van der Waals surface area contributed by atoms with Gasteiger partial charge in [0.2, 0.25) is 5.91 Å². The molecule has 6 heteroatoms. The van der Waals surface area contributed by atoms with E-state index in [9.17, 15) is 4.79 Å². The molecule has 0 fully saturated rings. The largest absolute Gasteiger partial charge is 0.326 e. The van der Waals surface area contributed by atoms with E-state index in [1.165, 1.54) is 5.56 Å². The molecule has 5 rings (SSSR count). The van der Waals surface area contributed by atoms with Crippen molar-refractivity contribution < 1.29 is 4.79 Å². The van der Waals surface area contributed by atoms with E-state index in [-0.39, 0.29) is 11.9 Å². The summed E-state index contributed by atoms with van der Waals surface area (Å²) in [6.45, 7) is 0. The third-order valence-electron chi connectivity index (χ3n) is 4.70. The van der Waals surface area contributed by atoms with Crippen molar-refractivity contribution in [1.29, 1.82) is 0 Å². The number of hydrogen-bond acceptors (Lipinski definition) is 3. The molecule has 4 aromatic rings. The van der Waals surface area contributed by atoms with Crippen molar-refractivity contribution in [1.82, 2.24) is 19.7 Å². The zero-order chi connectivity index (χ0) is 16.8. The first kappa shape index (κ1) is 14.0. The van der Waals surface area contributed by atoms with Crippen LogP contribution < -0.4 is 5.32 Å². The van der Waals surface area contributed by atoms with Gasteiger partial charge in [0.15, 0.2) is 0 Å². The summed E-state index contributed by atoms with van der Waals surface area (Å²) in [5.41, 5.74) is 5.04. The summed E-state index contributed by atoms with van der Waals surface area (Å²) in [6, 6.07) is 13.9. The third-order valence-corrected chi connectivity index (χ3v) is 4.70. The second-order valence-corrected chi connectivity index (χ2v) is 6.21. The number of carbonyl (C=O) groups is 1. The van der Waals surface area contributed by atoms with Crippen LogP contribution in [-0.2, 0) is 4.79 Å². The number of imidazole rings is 1. The first-order chi connectivity index (χ1) is 12.3. The summed E-state index contributed by atoms with van der Waals surface area (Å²) in [7, 11) is 0. The molecule has 2 N–H and O–H groups in total. The average molecular weight is 329 g/mol. The van der Waals surface area contributed by atoms with Gasteiger partial charge < -0.3 is 9.88 Å². The van der Waals surface area contributed by atoms with Gasteiger partial charge in [-0.1, -0.05) is 24.3 Å². The SMILES string of the molecule is O=C(CC1c2ccccc2-c2cncn21)Nc1ccc2cn[nH]c2c1. The molecule has 6 nitrogen and oxygen atoms in total. The predicted octanol–water partition coefficient (Wildman–Crippen LogP) is 3.36. The molecule has 0 saturated carbocycles. The van der Waals surface area contributed by atoms with Crippen molar-refractivity contribution in [2.75, 3.05) is 5.32 Å². The van der Waals surface area contributed by atoms with Crippen LogP contribution in [0.4, 0.5) is 5.69 Å². The van der Waals surface area contributed by atoms with E-state index in [1.807, 2.05) is 36.5 Å². The smallest absolute Gasteiger partial charge is 0.226 e. The highest BCUT2D eigenvalue weighted by Crippen LogP contribution is 2.40. The molecule has 0 radical (unpaired) electrons. The molecule has 2 aromatic heterocycles. The normalized spacial score (nSPS) is 15.1. The Hall–Kier alpha value is -3.41. The van der Waals surface area contributed by atoms with Crippen LogP contribution in [0.1, 0.15) is 18.0 Å². The van der Waals surface area contributed by atoms with Gasteiger partial charge in [-0.05, 0) is 23.8 Å². The maximum atomic E-state index is 12.6. The van der Waals surface area contributed by atoms with E-state index >= 15 is 0 Å². The summed E-state index contributed by atoms with van der Waals surface area (Å²) in [5.74, 6) is -0.0276. The molecule has 3 heterocycles. The summed E-state index contributed by atoms with van der Waals surface area (Å²) in [5, 5.41) is 10.9. The van der Waals surface area contributed by atoms with Crippen molar-refractivity contribution in [3.05, 3.63) is 66.7 Å². The van der Waals surface area contributed by atoms with Gasteiger partial charge >= 0.3 is 0 Å². The van der Waals surface area contributed by atoms with Crippen LogP contribution in [0, 0.1) is 0 Å². The molecule has 2 aromatic carbocycles. The van der Waals surface area contributed by atoms with Crippen molar-refractivity contribution in [3.8, 4) is 11.3 Å². The molecule has 0 spiro atoms. The summed E-state index contributed by atoms with van der Waals surface area (Å²) < 4.78 is 2.07.